The molecule has 1 atom stereocenters. The lowest BCUT2D eigenvalue weighted by atomic mass is 10.0. The first-order chi connectivity index (χ1) is 8.69. The van der Waals surface area contributed by atoms with Crippen molar-refractivity contribution in [3.05, 3.63) is 42.2 Å². The van der Waals surface area contributed by atoms with Gasteiger partial charge in [-0.1, -0.05) is 24.3 Å². The van der Waals surface area contributed by atoms with E-state index in [0.717, 1.165) is 6.42 Å². The van der Waals surface area contributed by atoms with E-state index in [9.17, 15) is 0 Å². The molecule has 2 rings (SSSR count). The van der Waals surface area contributed by atoms with Crippen LogP contribution in [0.2, 0.25) is 0 Å². The molecule has 18 heavy (non-hydrogen) atoms. The number of nitrogens with one attached hydrogen (secondary N) is 1. The molecule has 0 spiro atoms. The Kier molecular flexibility index (Phi) is 4.15. The number of aryl methyl sites for hydroxylation is 2. The van der Waals surface area contributed by atoms with Gasteiger partial charge in [-0.2, -0.15) is 5.10 Å². The van der Waals surface area contributed by atoms with E-state index < -0.39 is 0 Å². The van der Waals surface area contributed by atoms with Crippen LogP contribution in [-0.4, -0.2) is 22.9 Å². The molecule has 1 aromatic heterocycles. The van der Waals surface area contributed by atoms with E-state index in [4.69, 9.17) is 0 Å². The maximum atomic E-state index is 4.19. The Hall–Kier alpha value is -1.61. The normalized spacial score (nSPS) is 12.6. The van der Waals surface area contributed by atoms with E-state index in [0.29, 0.717) is 6.04 Å². The monoisotopic (exact) mass is 243 g/mol. The Morgan fingerprint density at radius 3 is 2.50 bits per heavy atom. The minimum Gasteiger partial charge on any atom is -0.317 e. The van der Waals surface area contributed by atoms with Crippen molar-refractivity contribution in [2.45, 2.75) is 25.8 Å². The fourth-order valence-corrected chi connectivity index (χ4v) is 1.96. The molecular formula is C15H21N3. The summed E-state index contributed by atoms with van der Waals surface area (Å²) in [5.74, 6) is 0. The largest absolute Gasteiger partial charge is 0.317 e. The first-order valence-electron chi connectivity index (χ1n) is 6.44. The van der Waals surface area contributed by atoms with Gasteiger partial charge in [-0.05, 0) is 37.9 Å². The van der Waals surface area contributed by atoms with Crippen LogP contribution in [0.1, 0.15) is 18.9 Å². The zero-order valence-electron chi connectivity index (χ0n) is 11.4. The van der Waals surface area contributed by atoms with Gasteiger partial charge in [0.2, 0.25) is 0 Å². The first-order valence-corrected chi connectivity index (χ1v) is 6.44. The molecular weight excluding hydrogens is 222 g/mol. The van der Waals surface area contributed by atoms with Crippen LogP contribution in [-0.2, 0) is 13.5 Å². The molecule has 0 saturated heterocycles. The summed E-state index contributed by atoms with van der Waals surface area (Å²) in [4.78, 5) is 0. The molecule has 3 nitrogen and oxygen atoms in total. The van der Waals surface area contributed by atoms with Gasteiger partial charge in [0, 0.05) is 24.8 Å². The Bertz CT molecular complexity index is 485. The fraction of sp³-hybridized carbons (Fsp3) is 0.400. The van der Waals surface area contributed by atoms with Crippen LogP contribution in [0, 0.1) is 0 Å². The number of hydrogen-bond acceptors (Lipinski definition) is 2. The van der Waals surface area contributed by atoms with Gasteiger partial charge in [-0.25, -0.2) is 0 Å². The summed E-state index contributed by atoms with van der Waals surface area (Å²) in [6.07, 6.45) is 6.23. The summed E-state index contributed by atoms with van der Waals surface area (Å²) in [5, 5.41) is 7.46. The number of benzene rings is 1. The molecule has 1 aromatic carbocycles. The van der Waals surface area contributed by atoms with Crippen molar-refractivity contribution < 1.29 is 0 Å². The molecule has 0 amide bonds. The van der Waals surface area contributed by atoms with Crippen LogP contribution in [0.25, 0.3) is 11.1 Å². The summed E-state index contributed by atoms with van der Waals surface area (Å²) in [5.41, 5.74) is 3.80. The Morgan fingerprint density at radius 1 is 1.22 bits per heavy atom. The van der Waals surface area contributed by atoms with Crippen LogP contribution in [0.4, 0.5) is 0 Å². The van der Waals surface area contributed by atoms with Crippen molar-refractivity contribution in [1.82, 2.24) is 15.1 Å². The van der Waals surface area contributed by atoms with Gasteiger partial charge in [-0.15, -0.1) is 0 Å². The molecule has 1 heterocycles. The third-order valence-electron chi connectivity index (χ3n) is 3.35. The van der Waals surface area contributed by atoms with E-state index in [1.165, 1.54) is 23.1 Å². The zero-order chi connectivity index (χ0) is 13.0. The van der Waals surface area contributed by atoms with E-state index in [1.807, 2.05) is 31.2 Å². The number of aromatic nitrogens is 2. The lowest BCUT2D eigenvalue weighted by Crippen LogP contribution is -2.21. The molecule has 2 aromatic rings. The van der Waals surface area contributed by atoms with Crippen LogP contribution >= 0.6 is 0 Å². The summed E-state index contributed by atoms with van der Waals surface area (Å²) in [6.45, 7) is 2.21. The third kappa shape index (κ3) is 3.20. The molecule has 0 fully saturated rings. The predicted molar refractivity (Wildman–Crippen MR) is 75.5 cm³/mol. The SMILES string of the molecule is CNC(C)CCc1ccc(-c2cnn(C)c2)cc1. The highest BCUT2D eigenvalue weighted by molar-refractivity contribution is 5.61. The van der Waals surface area contributed by atoms with E-state index in [-0.39, 0.29) is 0 Å². The molecule has 3 heteroatoms. The molecule has 0 aliphatic heterocycles. The van der Waals surface area contributed by atoms with Crippen molar-refractivity contribution in [1.29, 1.82) is 0 Å². The van der Waals surface area contributed by atoms with E-state index >= 15 is 0 Å². The average molecular weight is 243 g/mol. The van der Waals surface area contributed by atoms with Crippen LogP contribution in [0.5, 0.6) is 0 Å². The van der Waals surface area contributed by atoms with E-state index in [1.54, 1.807) is 0 Å². The van der Waals surface area contributed by atoms with Crippen molar-refractivity contribution >= 4 is 0 Å². The predicted octanol–water partition coefficient (Wildman–Crippen LogP) is 2.63. The molecule has 0 aliphatic rings. The molecule has 0 bridgehead atoms. The van der Waals surface area contributed by atoms with Gasteiger partial charge < -0.3 is 5.32 Å². The summed E-state index contributed by atoms with van der Waals surface area (Å²) >= 11 is 0. The smallest absolute Gasteiger partial charge is 0.0568 e. The maximum absolute atomic E-state index is 4.19. The molecule has 1 unspecified atom stereocenters. The standard InChI is InChI=1S/C15H21N3/c1-12(16-2)4-5-13-6-8-14(9-7-13)15-10-17-18(3)11-15/h6-12,16H,4-5H2,1-3H3. The minimum atomic E-state index is 0.572. The highest BCUT2D eigenvalue weighted by Crippen LogP contribution is 2.19. The van der Waals surface area contributed by atoms with Crippen molar-refractivity contribution in [2.24, 2.45) is 7.05 Å². The van der Waals surface area contributed by atoms with Crippen molar-refractivity contribution in [3.8, 4) is 11.1 Å². The van der Waals surface area contributed by atoms with Gasteiger partial charge in [-0.3, -0.25) is 4.68 Å². The lowest BCUT2D eigenvalue weighted by molar-refractivity contribution is 0.565. The van der Waals surface area contributed by atoms with Gasteiger partial charge in [0.25, 0.3) is 0 Å². The number of rotatable bonds is 5. The molecule has 0 saturated carbocycles. The second-order valence-corrected chi connectivity index (χ2v) is 4.83. The average Bonchev–Trinajstić information content (AvgIpc) is 2.83. The summed E-state index contributed by atoms with van der Waals surface area (Å²) < 4.78 is 1.83. The highest BCUT2D eigenvalue weighted by atomic mass is 15.2. The zero-order valence-corrected chi connectivity index (χ0v) is 11.4. The fourth-order valence-electron chi connectivity index (χ4n) is 1.96. The second kappa shape index (κ2) is 5.83. The molecule has 1 N–H and O–H groups in total. The Labute approximate surface area is 109 Å². The van der Waals surface area contributed by atoms with E-state index in [2.05, 4.69) is 41.6 Å². The van der Waals surface area contributed by atoms with Crippen molar-refractivity contribution in [3.63, 3.8) is 0 Å². The van der Waals surface area contributed by atoms with Gasteiger partial charge >= 0.3 is 0 Å². The highest BCUT2D eigenvalue weighted by Gasteiger charge is 2.02. The lowest BCUT2D eigenvalue weighted by Gasteiger charge is -2.09. The Balaban J connectivity index is 2.01. The second-order valence-electron chi connectivity index (χ2n) is 4.83. The Morgan fingerprint density at radius 2 is 1.94 bits per heavy atom. The number of hydrogen-bond donors (Lipinski definition) is 1. The van der Waals surface area contributed by atoms with Crippen molar-refractivity contribution in [2.75, 3.05) is 7.05 Å². The number of nitrogens with zero attached hydrogens (tertiary/aromatic N) is 2. The topological polar surface area (TPSA) is 29.9 Å². The maximum Gasteiger partial charge on any atom is 0.0568 e. The minimum absolute atomic E-state index is 0.572. The van der Waals surface area contributed by atoms with Gasteiger partial charge in [0.05, 0.1) is 6.20 Å². The van der Waals surface area contributed by atoms with Gasteiger partial charge in [0.15, 0.2) is 0 Å². The van der Waals surface area contributed by atoms with Crippen LogP contribution in [0.3, 0.4) is 0 Å². The van der Waals surface area contributed by atoms with Crippen LogP contribution in [0.15, 0.2) is 36.7 Å². The summed E-state index contributed by atoms with van der Waals surface area (Å²) in [7, 11) is 3.95. The third-order valence-corrected chi connectivity index (χ3v) is 3.35. The van der Waals surface area contributed by atoms with Gasteiger partial charge in [0.1, 0.15) is 0 Å². The molecule has 0 aliphatic carbocycles. The first kappa shape index (κ1) is 12.8. The summed E-state index contributed by atoms with van der Waals surface area (Å²) in [6, 6.07) is 9.35. The molecule has 0 radical (unpaired) electrons. The quantitative estimate of drug-likeness (QED) is 0.875. The van der Waals surface area contributed by atoms with Crippen LogP contribution < -0.4 is 5.32 Å². The molecule has 96 valence electrons.